The van der Waals surface area contributed by atoms with Crippen molar-refractivity contribution >= 4 is 17.9 Å². The van der Waals surface area contributed by atoms with E-state index < -0.39 is 29.4 Å². The van der Waals surface area contributed by atoms with Crippen LogP contribution in [0.3, 0.4) is 0 Å². The molecule has 1 aromatic heterocycles. The van der Waals surface area contributed by atoms with Gasteiger partial charge in [-0.15, -0.1) is 5.10 Å². The van der Waals surface area contributed by atoms with E-state index in [9.17, 15) is 19.1 Å². The highest BCUT2D eigenvalue weighted by molar-refractivity contribution is 5.88. The number of nitrogens with zero attached hydrogens (tertiary/aromatic N) is 2. The fourth-order valence-electron chi connectivity index (χ4n) is 4.32. The minimum absolute atomic E-state index is 0.244. The quantitative estimate of drug-likeness (QED) is 0.330. The maximum absolute atomic E-state index is 14.5. The van der Waals surface area contributed by atoms with E-state index in [4.69, 9.17) is 4.74 Å². The van der Waals surface area contributed by atoms with Crippen LogP contribution in [-0.4, -0.2) is 26.9 Å². The number of halogens is 1. The third-order valence-electron chi connectivity index (χ3n) is 6.49. The van der Waals surface area contributed by atoms with Crippen LogP contribution in [0.2, 0.25) is 0 Å². The number of anilines is 1. The Kier molecular flexibility index (Phi) is 6.01. The zero-order chi connectivity index (χ0) is 25.3. The summed E-state index contributed by atoms with van der Waals surface area (Å²) in [5.74, 6) is -1.76. The second-order valence-electron chi connectivity index (χ2n) is 8.83. The molecule has 0 bridgehead atoms. The number of hydrogen-bond acceptors (Lipinski definition) is 4. The zero-order valence-corrected chi connectivity index (χ0v) is 19.5. The molecule has 1 aliphatic carbocycles. The smallest absolute Gasteiger partial charge is 0.413 e. The summed E-state index contributed by atoms with van der Waals surface area (Å²) in [4.78, 5) is 24.1. The van der Waals surface area contributed by atoms with Crippen molar-refractivity contribution in [1.29, 1.82) is 0 Å². The summed E-state index contributed by atoms with van der Waals surface area (Å²) in [7, 11) is 0. The monoisotopic (exact) mass is 485 g/mol. The first-order valence-corrected chi connectivity index (χ1v) is 11.6. The van der Waals surface area contributed by atoms with E-state index >= 15 is 0 Å². The summed E-state index contributed by atoms with van der Waals surface area (Å²) in [6.45, 7) is 1.73. The molecule has 182 valence electrons. The standard InChI is InChI=1S/C28H24FN3O4/c1-18(19-7-3-2-4-8-19)36-27(35)30-25-24(29)17-32(31-25)21-13-11-20(12-14-21)22-9-5-6-10-23(22)28(15-16-28)26(33)34/h2-14,17-18H,15-16H2,1H3,(H,33,34)(H,30,31,35). The third-order valence-corrected chi connectivity index (χ3v) is 6.49. The molecule has 8 heteroatoms. The van der Waals surface area contributed by atoms with Crippen LogP contribution in [0.4, 0.5) is 15.0 Å². The van der Waals surface area contributed by atoms with Gasteiger partial charge in [0.25, 0.3) is 0 Å². The molecule has 1 unspecified atom stereocenters. The van der Waals surface area contributed by atoms with Crippen LogP contribution in [0.25, 0.3) is 16.8 Å². The van der Waals surface area contributed by atoms with Gasteiger partial charge in [0.2, 0.25) is 0 Å². The van der Waals surface area contributed by atoms with Crippen molar-refractivity contribution in [2.45, 2.75) is 31.3 Å². The van der Waals surface area contributed by atoms with Crippen LogP contribution in [0.5, 0.6) is 0 Å². The molecule has 0 aliphatic heterocycles. The van der Waals surface area contributed by atoms with Crippen molar-refractivity contribution in [1.82, 2.24) is 9.78 Å². The number of hydrogen-bond donors (Lipinski definition) is 2. The van der Waals surface area contributed by atoms with Crippen molar-refractivity contribution in [2.75, 3.05) is 5.32 Å². The first kappa shape index (κ1) is 23.3. The van der Waals surface area contributed by atoms with Gasteiger partial charge in [-0.3, -0.25) is 10.1 Å². The van der Waals surface area contributed by atoms with Crippen molar-refractivity contribution in [3.05, 3.63) is 102 Å². The molecular weight excluding hydrogens is 461 g/mol. The Bertz CT molecular complexity index is 1410. The molecule has 0 radical (unpaired) electrons. The van der Waals surface area contributed by atoms with E-state index in [1.165, 1.54) is 10.9 Å². The van der Waals surface area contributed by atoms with Crippen molar-refractivity contribution in [3.63, 3.8) is 0 Å². The van der Waals surface area contributed by atoms with Gasteiger partial charge in [-0.1, -0.05) is 66.7 Å². The lowest BCUT2D eigenvalue weighted by Gasteiger charge is -2.16. The Labute approximate surface area is 207 Å². The number of carbonyl (C=O) groups excluding carboxylic acids is 1. The van der Waals surface area contributed by atoms with Gasteiger partial charge in [0, 0.05) is 0 Å². The third kappa shape index (κ3) is 4.45. The van der Waals surface area contributed by atoms with Crippen LogP contribution in [-0.2, 0) is 14.9 Å². The maximum Gasteiger partial charge on any atom is 0.413 e. The SMILES string of the molecule is CC(OC(=O)Nc1nn(-c2ccc(-c3ccccc3C3(C(=O)O)CC3)cc2)cc1F)c1ccccc1. The molecule has 1 heterocycles. The van der Waals surface area contributed by atoms with Crippen LogP contribution in [0.1, 0.15) is 37.0 Å². The van der Waals surface area contributed by atoms with Crippen molar-refractivity contribution in [2.24, 2.45) is 0 Å². The number of aromatic nitrogens is 2. The number of benzene rings is 3. The Hall–Kier alpha value is -4.46. The van der Waals surface area contributed by atoms with Gasteiger partial charge in [0.15, 0.2) is 11.6 Å². The largest absolute Gasteiger partial charge is 0.481 e. The molecule has 2 N–H and O–H groups in total. The second kappa shape index (κ2) is 9.30. The number of ether oxygens (including phenoxy) is 1. The number of nitrogens with one attached hydrogen (secondary N) is 1. The summed E-state index contributed by atoms with van der Waals surface area (Å²) in [6.07, 6.45) is 1.08. The van der Waals surface area contributed by atoms with Gasteiger partial charge < -0.3 is 9.84 Å². The molecular formula is C28H24FN3O4. The van der Waals surface area contributed by atoms with E-state index in [1.807, 2.05) is 66.7 Å². The Balaban J connectivity index is 1.32. The highest BCUT2D eigenvalue weighted by Crippen LogP contribution is 2.51. The lowest BCUT2D eigenvalue weighted by Crippen LogP contribution is -2.20. The van der Waals surface area contributed by atoms with E-state index in [0.717, 1.165) is 22.3 Å². The molecule has 1 aliphatic rings. The molecule has 36 heavy (non-hydrogen) atoms. The summed E-state index contributed by atoms with van der Waals surface area (Å²) in [6, 6.07) is 23.9. The molecule has 4 aromatic rings. The average Bonchev–Trinajstić information content (AvgIpc) is 3.63. The van der Waals surface area contributed by atoms with Crippen LogP contribution in [0.15, 0.2) is 85.1 Å². The van der Waals surface area contributed by atoms with E-state index in [0.29, 0.717) is 18.5 Å². The first-order valence-electron chi connectivity index (χ1n) is 11.6. The van der Waals surface area contributed by atoms with Crippen LogP contribution < -0.4 is 5.32 Å². The van der Waals surface area contributed by atoms with Crippen LogP contribution >= 0.6 is 0 Å². The number of rotatable bonds is 7. The number of aliphatic carboxylic acids is 1. The summed E-state index contributed by atoms with van der Waals surface area (Å²) >= 11 is 0. The highest BCUT2D eigenvalue weighted by atomic mass is 19.1. The lowest BCUT2D eigenvalue weighted by molar-refractivity contribution is -0.140. The van der Waals surface area contributed by atoms with Crippen molar-refractivity contribution in [3.8, 4) is 16.8 Å². The second-order valence-corrected chi connectivity index (χ2v) is 8.83. The van der Waals surface area contributed by atoms with E-state index in [-0.39, 0.29) is 5.82 Å². The molecule has 1 saturated carbocycles. The Morgan fingerprint density at radius 1 is 1.03 bits per heavy atom. The van der Waals surface area contributed by atoms with Gasteiger partial charge in [0.1, 0.15) is 6.10 Å². The summed E-state index contributed by atoms with van der Waals surface area (Å²) < 4.78 is 21.2. The molecule has 5 rings (SSSR count). The fraction of sp³-hybridized carbons (Fsp3) is 0.179. The number of carboxylic acids is 1. The lowest BCUT2D eigenvalue weighted by atomic mass is 9.88. The topological polar surface area (TPSA) is 93.5 Å². The number of carbonyl (C=O) groups is 2. The number of carboxylic acid groups (broad SMARTS) is 1. The minimum atomic E-state index is -0.826. The Morgan fingerprint density at radius 3 is 2.36 bits per heavy atom. The molecule has 1 amide bonds. The van der Waals surface area contributed by atoms with Gasteiger partial charge in [-0.2, -0.15) is 0 Å². The average molecular weight is 486 g/mol. The molecule has 0 spiro atoms. The molecule has 7 nitrogen and oxygen atoms in total. The van der Waals surface area contributed by atoms with E-state index in [2.05, 4.69) is 10.4 Å². The summed E-state index contributed by atoms with van der Waals surface area (Å²) in [5, 5.41) is 16.2. The fourth-order valence-corrected chi connectivity index (χ4v) is 4.32. The first-order chi connectivity index (χ1) is 17.4. The number of amides is 1. The predicted octanol–water partition coefficient (Wildman–Crippen LogP) is 6.10. The molecule has 1 fully saturated rings. The van der Waals surface area contributed by atoms with Gasteiger partial charge in [0.05, 0.1) is 17.3 Å². The molecule has 0 saturated heterocycles. The molecule has 3 aromatic carbocycles. The van der Waals surface area contributed by atoms with Crippen molar-refractivity contribution < 1.29 is 23.8 Å². The minimum Gasteiger partial charge on any atom is -0.481 e. The highest BCUT2D eigenvalue weighted by Gasteiger charge is 2.52. The Morgan fingerprint density at radius 2 is 1.69 bits per heavy atom. The zero-order valence-electron chi connectivity index (χ0n) is 19.5. The normalized spacial score (nSPS) is 14.6. The maximum atomic E-state index is 14.5. The molecule has 1 atom stereocenters. The van der Waals surface area contributed by atoms with E-state index in [1.54, 1.807) is 19.1 Å². The van der Waals surface area contributed by atoms with Crippen LogP contribution in [0, 0.1) is 5.82 Å². The van der Waals surface area contributed by atoms with Gasteiger partial charge in [-0.25, -0.2) is 13.9 Å². The summed E-state index contributed by atoms with van der Waals surface area (Å²) in [5.41, 5.74) is 3.07. The van der Waals surface area contributed by atoms with Gasteiger partial charge >= 0.3 is 12.1 Å². The predicted molar refractivity (Wildman–Crippen MR) is 132 cm³/mol. The van der Waals surface area contributed by atoms with Gasteiger partial charge in [-0.05, 0) is 54.2 Å².